The van der Waals surface area contributed by atoms with E-state index in [0.717, 1.165) is 22.4 Å². The van der Waals surface area contributed by atoms with Crippen molar-refractivity contribution < 1.29 is 9.53 Å². The number of carbonyl (C=O) groups is 1. The van der Waals surface area contributed by atoms with Crippen molar-refractivity contribution in [2.75, 3.05) is 13.4 Å². The molecule has 7 heteroatoms. The Morgan fingerprint density at radius 3 is 2.38 bits per heavy atom. The van der Waals surface area contributed by atoms with E-state index < -0.39 is 0 Å². The van der Waals surface area contributed by atoms with E-state index in [1.165, 1.54) is 11.8 Å². The quantitative estimate of drug-likeness (QED) is 0.718. The summed E-state index contributed by atoms with van der Waals surface area (Å²) in [5, 5.41) is 6.51. The number of halogens is 1. The van der Waals surface area contributed by atoms with Crippen LogP contribution in [0.4, 0.5) is 4.79 Å². The summed E-state index contributed by atoms with van der Waals surface area (Å²) in [5.74, 6) is 0.748. The maximum Gasteiger partial charge on any atom is 0.320 e. The van der Waals surface area contributed by atoms with Gasteiger partial charge in [0.25, 0.3) is 0 Å². The number of urea groups is 1. The van der Waals surface area contributed by atoms with Gasteiger partial charge in [0.1, 0.15) is 5.75 Å². The second-order valence-corrected chi connectivity index (χ2v) is 7.51. The van der Waals surface area contributed by atoms with E-state index in [4.69, 9.17) is 28.6 Å². The highest BCUT2D eigenvalue weighted by Gasteiger charge is 2.31. The Morgan fingerprint density at radius 1 is 1.15 bits per heavy atom. The van der Waals surface area contributed by atoms with Crippen LogP contribution in [0.3, 0.4) is 0 Å². The lowest BCUT2D eigenvalue weighted by molar-refractivity contribution is 0.241. The zero-order chi connectivity index (χ0) is 18.7. The summed E-state index contributed by atoms with van der Waals surface area (Å²) in [5.41, 5.74) is 3.35. The van der Waals surface area contributed by atoms with Gasteiger partial charge in [0.15, 0.2) is 0 Å². The van der Waals surface area contributed by atoms with Crippen molar-refractivity contribution in [2.24, 2.45) is 0 Å². The molecule has 1 aliphatic heterocycles. The van der Waals surface area contributed by atoms with E-state index in [-0.39, 0.29) is 12.1 Å². The molecule has 0 aromatic heterocycles. The number of carbonyl (C=O) groups excluding carboxylic acids is 1. The van der Waals surface area contributed by atoms with E-state index in [9.17, 15) is 4.79 Å². The van der Waals surface area contributed by atoms with Crippen molar-refractivity contribution in [1.82, 2.24) is 10.6 Å². The second-order valence-electron chi connectivity index (χ2n) is 5.59. The first-order valence-corrected chi connectivity index (χ1v) is 9.84. The lowest BCUT2D eigenvalue weighted by Crippen LogP contribution is -2.44. The molecular weight excluding hydrogens is 388 g/mol. The van der Waals surface area contributed by atoms with Gasteiger partial charge in [-0.1, -0.05) is 36.0 Å². The van der Waals surface area contributed by atoms with E-state index in [1.54, 1.807) is 19.2 Å². The third-order valence-electron chi connectivity index (χ3n) is 4.06. The third kappa shape index (κ3) is 3.87. The van der Waals surface area contributed by atoms with Gasteiger partial charge in [-0.25, -0.2) is 4.79 Å². The number of nitrogens with one attached hydrogen (secondary N) is 2. The number of benzene rings is 2. The van der Waals surface area contributed by atoms with Crippen molar-refractivity contribution in [3.05, 3.63) is 70.3 Å². The summed E-state index contributed by atoms with van der Waals surface area (Å²) in [7, 11) is 1.62. The van der Waals surface area contributed by atoms with Crippen molar-refractivity contribution >= 4 is 51.5 Å². The standard InChI is InChI=1S/C19H17ClN2O2S2/c1-24-14-9-5-12(6-10-14)17-15(18(25)26-2)16(21-19(23)22-17)11-3-7-13(20)8-4-11/h3-10,16H,1-2H3,(H2,21,22,23). The van der Waals surface area contributed by atoms with Gasteiger partial charge >= 0.3 is 6.03 Å². The summed E-state index contributed by atoms with van der Waals surface area (Å²) in [4.78, 5) is 12.3. The van der Waals surface area contributed by atoms with Crippen LogP contribution in [0.1, 0.15) is 17.2 Å². The number of hydrogen-bond donors (Lipinski definition) is 2. The zero-order valence-electron chi connectivity index (χ0n) is 14.2. The summed E-state index contributed by atoms with van der Waals surface area (Å²) in [6.45, 7) is 0. The maximum absolute atomic E-state index is 12.3. The molecule has 3 rings (SSSR count). The van der Waals surface area contributed by atoms with Crippen LogP contribution in [0.15, 0.2) is 54.1 Å². The highest BCUT2D eigenvalue weighted by atomic mass is 35.5. The van der Waals surface area contributed by atoms with Crippen LogP contribution in [0.5, 0.6) is 5.75 Å². The normalized spacial score (nSPS) is 16.7. The Morgan fingerprint density at radius 2 is 1.81 bits per heavy atom. The maximum atomic E-state index is 12.3. The molecule has 1 heterocycles. The minimum Gasteiger partial charge on any atom is -0.497 e. The van der Waals surface area contributed by atoms with Gasteiger partial charge in [-0.2, -0.15) is 0 Å². The molecule has 1 aliphatic rings. The first-order chi connectivity index (χ1) is 12.5. The van der Waals surface area contributed by atoms with Gasteiger partial charge in [-0.05, 0) is 53.8 Å². The molecule has 0 saturated carbocycles. The molecule has 2 N–H and O–H groups in total. The molecular formula is C19H17ClN2O2S2. The molecule has 0 fully saturated rings. The third-order valence-corrected chi connectivity index (χ3v) is 5.62. The van der Waals surface area contributed by atoms with Crippen LogP contribution in [0.25, 0.3) is 5.70 Å². The average molecular weight is 405 g/mol. The molecule has 2 aromatic carbocycles. The highest BCUT2D eigenvalue weighted by Crippen LogP contribution is 2.35. The summed E-state index contributed by atoms with van der Waals surface area (Å²) in [6, 6.07) is 14.3. The van der Waals surface area contributed by atoms with Crippen LogP contribution < -0.4 is 15.4 Å². The first kappa shape index (κ1) is 18.8. The second kappa shape index (κ2) is 8.12. The Hall–Kier alpha value is -2.02. The molecule has 134 valence electrons. The first-order valence-electron chi connectivity index (χ1n) is 7.83. The van der Waals surface area contributed by atoms with Crippen molar-refractivity contribution in [3.63, 3.8) is 0 Å². The molecule has 0 radical (unpaired) electrons. The molecule has 2 aromatic rings. The average Bonchev–Trinajstić information content (AvgIpc) is 2.67. The minimum atomic E-state index is -0.349. The van der Waals surface area contributed by atoms with Crippen LogP contribution in [0.2, 0.25) is 5.02 Å². The zero-order valence-corrected chi connectivity index (χ0v) is 16.6. The molecule has 4 nitrogen and oxygen atoms in total. The SMILES string of the molecule is COc1ccc(C2=C(C(=S)SC)C(c3ccc(Cl)cc3)NC(=O)N2)cc1. The van der Waals surface area contributed by atoms with E-state index >= 15 is 0 Å². The number of thiocarbonyl (C=S) groups is 1. The number of thioether (sulfide) groups is 1. The van der Waals surface area contributed by atoms with Gasteiger partial charge in [-0.3, -0.25) is 0 Å². The molecule has 0 spiro atoms. The van der Waals surface area contributed by atoms with Crippen molar-refractivity contribution in [2.45, 2.75) is 6.04 Å². The Labute approximate surface area is 167 Å². The van der Waals surface area contributed by atoms with Gasteiger partial charge in [-0.15, -0.1) is 11.8 Å². The van der Waals surface area contributed by atoms with E-state index in [0.29, 0.717) is 14.9 Å². The number of ether oxygens (including phenoxy) is 1. The van der Waals surface area contributed by atoms with Gasteiger partial charge in [0.2, 0.25) is 0 Å². The van der Waals surface area contributed by atoms with Crippen LogP contribution in [-0.2, 0) is 0 Å². The molecule has 2 amide bonds. The Kier molecular flexibility index (Phi) is 5.86. The monoisotopic (exact) mass is 404 g/mol. The van der Waals surface area contributed by atoms with Gasteiger partial charge in [0.05, 0.1) is 23.0 Å². The smallest absolute Gasteiger partial charge is 0.320 e. The Bertz CT molecular complexity index is 864. The largest absolute Gasteiger partial charge is 0.497 e. The fourth-order valence-corrected chi connectivity index (χ4v) is 3.57. The summed E-state index contributed by atoms with van der Waals surface area (Å²) >= 11 is 13.1. The number of rotatable bonds is 4. The van der Waals surface area contributed by atoms with Crippen LogP contribution >= 0.6 is 35.6 Å². The molecule has 0 bridgehead atoms. The lowest BCUT2D eigenvalue weighted by atomic mass is 9.94. The number of amides is 2. The lowest BCUT2D eigenvalue weighted by Gasteiger charge is -2.31. The predicted molar refractivity (Wildman–Crippen MR) is 112 cm³/mol. The van der Waals surface area contributed by atoms with E-state index in [1.807, 2.05) is 42.7 Å². The summed E-state index contributed by atoms with van der Waals surface area (Å²) < 4.78 is 5.93. The number of methoxy groups -OCH3 is 1. The van der Waals surface area contributed by atoms with Crippen LogP contribution in [0, 0.1) is 0 Å². The number of hydrogen-bond acceptors (Lipinski definition) is 4. The topological polar surface area (TPSA) is 50.4 Å². The molecule has 26 heavy (non-hydrogen) atoms. The fourth-order valence-electron chi connectivity index (χ4n) is 2.79. The van der Waals surface area contributed by atoms with Gasteiger partial charge < -0.3 is 15.4 Å². The molecule has 0 aliphatic carbocycles. The predicted octanol–water partition coefficient (Wildman–Crippen LogP) is 4.80. The minimum absolute atomic E-state index is 0.275. The molecule has 1 unspecified atom stereocenters. The Balaban J connectivity index is 2.15. The molecule has 0 saturated heterocycles. The highest BCUT2D eigenvalue weighted by molar-refractivity contribution is 8.23. The van der Waals surface area contributed by atoms with E-state index in [2.05, 4.69) is 10.6 Å². The van der Waals surface area contributed by atoms with Crippen molar-refractivity contribution in [3.8, 4) is 5.75 Å². The summed E-state index contributed by atoms with van der Waals surface area (Å²) in [6.07, 6.45) is 1.93. The van der Waals surface area contributed by atoms with Gasteiger partial charge in [0, 0.05) is 10.6 Å². The fraction of sp³-hybridized carbons (Fsp3) is 0.158. The van der Waals surface area contributed by atoms with Crippen molar-refractivity contribution in [1.29, 1.82) is 0 Å². The van der Waals surface area contributed by atoms with Crippen LogP contribution in [-0.4, -0.2) is 23.6 Å². The molecule has 1 atom stereocenters.